The van der Waals surface area contributed by atoms with Crippen LogP contribution in [0.5, 0.6) is 0 Å². The van der Waals surface area contributed by atoms with Gasteiger partial charge in [0.2, 0.25) is 0 Å². The van der Waals surface area contributed by atoms with Crippen LogP contribution in [0.2, 0.25) is 0 Å². The fourth-order valence-electron chi connectivity index (χ4n) is 4.13. The molecule has 98 valence electrons. The molecule has 3 aliphatic rings. The molecule has 1 fully saturated rings. The molecule has 3 nitrogen and oxygen atoms in total. The standard InChI is InChI=1S/C15H20O3/c1-8-4-5-15(3)12(9(8)2)11(16)6-10-7-18-14(17)13(10)15/h8,11-12,16H,2,4-7H2,1,3H3/t8-,11-,12+,15-/m0/s1. The van der Waals surface area contributed by atoms with Gasteiger partial charge in [-0.15, -0.1) is 0 Å². The molecule has 0 spiro atoms. The maximum absolute atomic E-state index is 12.0. The molecular formula is C15H20O3. The van der Waals surface area contributed by atoms with Crippen LogP contribution >= 0.6 is 0 Å². The number of rotatable bonds is 0. The monoisotopic (exact) mass is 248 g/mol. The largest absolute Gasteiger partial charge is 0.458 e. The lowest BCUT2D eigenvalue weighted by molar-refractivity contribution is -0.137. The van der Waals surface area contributed by atoms with Crippen molar-refractivity contribution in [3.8, 4) is 0 Å². The number of fused-ring (bicyclic) bond motifs is 2. The summed E-state index contributed by atoms with van der Waals surface area (Å²) in [4.78, 5) is 12.0. The van der Waals surface area contributed by atoms with Gasteiger partial charge in [0, 0.05) is 16.9 Å². The van der Waals surface area contributed by atoms with Crippen LogP contribution in [0.1, 0.15) is 33.1 Å². The van der Waals surface area contributed by atoms with Crippen LogP contribution in [0.4, 0.5) is 0 Å². The second-order valence-electron chi connectivity index (χ2n) is 6.24. The van der Waals surface area contributed by atoms with Gasteiger partial charge in [0.15, 0.2) is 0 Å². The molecular weight excluding hydrogens is 228 g/mol. The number of hydrogen-bond acceptors (Lipinski definition) is 3. The second-order valence-corrected chi connectivity index (χ2v) is 6.24. The smallest absolute Gasteiger partial charge is 0.334 e. The van der Waals surface area contributed by atoms with Crippen molar-refractivity contribution < 1.29 is 14.6 Å². The molecule has 0 bridgehead atoms. The summed E-state index contributed by atoms with van der Waals surface area (Å²) in [5.41, 5.74) is 2.67. The molecule has 0 saturated heterocycles. The first-order valence-electron chi connectivity index (χ1n) is 6.71. The fraction of sp³-hybridized carbons (Fsp3) is 0.667. The molecule has 0 aromatic rings. The first kappa shape index (κ1) is 12.0. The predicted octanol–water partition coefficient (Wildman–Crippen LogP) is 2.21. The number of carbonyl (C=O) groups is 1. The number of carbonyl (C=O) groups excluding carboxylic acids is 1. The Morgan fingerprint density at radius 3 is 2.94 bits per heavy atom. The van der Waals surface area contributed by atoms with E-state index in [0.29, 0.717) is 18.9 Å². The number of hydrogen-bond donors (Lipinski definition) is 1. The highest BCUT2D eigenvalue weighted by atomic mass is 16.5. The maximum atomic E-state index is 12.0. The summed E-state index contributed by atoms with van der Waals surface area (Å²) in [6.07, 6.45) is 2.11. The Hall–Kier alpha value is -1.09. The molecule has 2 aliphatic carbocycles. The summed E-state index contributed by atoms with van der Waals surface area (Å²) in [6, 6.07) is 0. The summed E-state index contributed by atoms with van der Waals surface area (Å²) >= 11 is 0. The van der Waals surface area contributed by atoms with Gasteiger partial charge < -0.3 is 9.84 Å². The topological polar surface area (TPSA) is 46.5 Å². The molecule has 3 rings (SSSR count). The third-order valence-electron chi connectivity index (χ3n) is 5.16. The quantitative estimate of drug-likeness (QED) is 0.528. The highest BCUT2D eigenvalue weighted by molar-refractivity contribution is 5.93. The Morgan fingerprint density at radius 2 is 2.22 bits per heavy atom. The molecule has 1 heterocycles. The third-order valence-corrected chi connectivity index (χ3v) is 5.16. The predicted molar refractivity (Wildman–Crippen MR) is 67.7 cm³/mol. The van der Waals surface area contributed by atoms with Crippen molar-refractivity contribution in [2.45, 2.75) is 39.2 Å². The Bertz CT molecular complexity index is 462. The van der Waals surface area contributed by atoms with Crippen LogP contribution in [-0.2, 0) is 9.53 Å². The average molecular weight is 248 g/mol. The molecule has 1 aliphatic heterocycles. The molecule has 0 aromatic heterocycles. The Balaban J connectivity index is 2.11. The van der Waals surface area contributed by atoms with E-state index >= 15 is 0 Å². The van der Waals surface area contributed by atoms with Crippen LogP contribution in [0, 0.1) is 17.3 Å². The number of cyclic esters (lactones) is 1. The summed E-state index contributed by atoms with van der Waals surface area (Å²) in [7, 11) is 0. The molecule has 0 aromatic carbocycles. The van der Waals surface area contributed by atoms with Crippen LogP contribution in [0.15, 0.2) is 23.3 Å². The van der Waals surface area contributed by atoms with Crippen molar-refractivity contribution in [2.75, 3.05) is 6.61 Å². The van der Waals surface area contributed by atoms with E-state index in [9.17, 15) is 9.90 Å². The highest BCUT2D eigenvalue weighted by Gasteiger charge is 2.54. The zero-order valence-electron chi connectivity index (χ0n) is 11.0. The first-order chi connectivity index (χ1) is 8.45. The Kier molecular flexibility index (Phi) is 2.46. The number of aliphatic hydroxyl groups is 1. The van der Waals surface area contributed by atoms with Gasteiger partial charge in [-0.1, -0.05) is 26.0 Å². The summed E-state index contributed by atoms with van der Waals surface area (Å²) in [6.45, 7) is 8.80. The molecule has 0 amide bonds. The SMILES string of the molecule is C=C1[C@@H]2[C@@H](O)CC3=C(C(=O)OC3)[C@@]2(C)CC[C@@H]1C. The molecule has 0 radical (unpaired) electrons. The van der Waals surface area contributed by atoms with E-state index in [0.717, 1.165) is 29.6 Å². The molecule has 3 heteroatoms. The summed E-state index contributed by atoms with van der Waals surface area (Å²) < 4.78 is 5.17. The number of ether oxygens (including phenoxy) is 1. The lowest BCUT2D eigenvalue weighted by Crippen LogP contribution is -2.47. The molecule has 1 N–H and O–H groups in total. The van der Waals surface area contributed by atoms with E-state index in [1.807, 2.05) is 0 Å². The van der Waals surface area contributed by atoms with E-state index in [2.05, 4.69) is 20.4 Å². The normalized spacial score (nSPS) is 43.6. The molecule has 1 saturated carbocycles. The van der Waals surface area contributed by atoms with Gasteiger partial charge in [-0.3, -0.25) is 0 Å². The average Bonchev–Trinajstić information content (AvgIpc) is 2.66. The zero-order valence-corrected chi connectivity index (χ0v) is 11.0. The van der Waals surface area contributed by atoms with E-state index in [-0.39, 0.29) is 17.3 Å². The van der Waals surface area contributed by atoms with Crippen LogP contribution in [-0.4, -0.2) is 23.8 Å². The van der Waals surface area contributed by atoms with Crippen LogP contribution in [0.25, 0.3) is 0 Å². The highest BCUT2D eigenvalue weighted by Crippen LogP contribution is 2.57. The minimum Gasteiger partial charge on any atom is -0.458 e. The van der Waals surface area contributed by atoms with E-state index in [1.165, 1.54) is 0 Å². The van der Waals surface area contributed by atoms with Gasteiger partial charge in [-0.25, -0.2) is 4.79 Å². The number of esters is 1. The van der Waals surface area contributed by atoms with Crippen LogP contribution in [0.3, 0.4) is 0 Å². The summed E-state index contributed by atoms with van der Waals surface area (Å²) in [5, 5.41) is 10.4. The van der Waals surface area contributed by atoms with Gasteiger partial charge in [-0.2, -0.15) is 0 Å². The van der Waals surface area contributed by atoms with E-state index in [1.54, 1.807) is 0 Å². The van der Waals surface area contributed by atoms with Gasteiger partial charge in [0.25, 0.3) is 0 Å². The fourth-order valence-corrected chi connectivity index (χ4v) is 4.13. The lowest BCUT2D eigenvalue weighted by Gasteiger charge is -2.50. The van der Waals surface area contributed by atoms with Crippen molar-refractivity contribution >= 4 is 5.97 Å². The molecule has 18 heavy (non-hydrogen) atoms. The zero-order chi connectivity index (χ0) is 13.1. The molecule has 0 unspecified atom stereocenters. The second kappa shape index (κ2) is 3.70. The van der Waals surface area contributed by atoms with E-state index in [4.69, 9.17) is 4.74 Å². The van der Waals surface area contributed by atoms with Gasteiger partial charge in [0.1, 0.15) is 6.61 Å². The van der Waals surface area contributed by atoms with Crippen molar-refractivity contribution in [1.29, 1.82) is 0 Å². The van der Waals surface area contributed by atoms with Crippen LogP contribution < -0.4 is 0 Å². The maximum Gasteiger partial charge on any atom is 0.334 e. The van der Waals surface area contributed by atoms with Crippen molar-refractivity contribution in [3.63, 3.8) is 0 Å². The van der Waals surface area contributed by atoms with Crippen molar-refractivity contribution in [3.05, 3.63) is 23.3 Å². The van der Waals surface area contributed by atoms with E-state index < -0.39 is 6.10 Å². The summed E-state index contributed by atoms with van der Waals surface area (Å²) in [5.74, 6) is 0.259. The minimum atomic E-state index is -0.418. The first-order valence-corrected chi connectivity index (χ1v) is 6.71. The number of aliphatic hydroxyl groups excluding tert-OH is 1. The molecule has 4 atom stereocenters. The Morgan fingerprint density at radius 1 is 1.50 bits per heavy atom. The Labute approximate surface area is 108 Å². The van der Waals surface area contributed by atoms with Gasteiger partial charge in [0.05, 0.1) is 6.10 Å². The lowest BCUT2D eigenvalue weighted by atomic mass is 9.54. The van der Waals surface area contributed by atoms with Gasteiger partial charge in [-0.05, 0) is 30.8 Å². The van der Waals surface area contributed by atoms with Crippen molar-refractivity contribution in [2.24, 2.45) is 17.3 Å². The van der Waals surface area contributed by atoms with Gasteiger partial charge >= 0.3 is 5.97 Å². The third kappa shape index (κ3) is 1.37. The minimum absolute atomic E-state index is 0.00523. The van der Waals surface area contributed by atoms with Crippen molar-refractivity contribution in [1.82, 2.24) is 0 Å².